The molecule has 0 saturated carbocycles. The van der Waals surface area contributed by atoms with Crippen LogP contribution in [0.5, 0.6) is 5.75 Å². The Kier molecular flexibility index (Phi) is 11.5. The molecule has 1 aromatic carbocycles. The van der Waals surface area contributed by atoms with Crippen LogP contribution in [0.4, 0.5) is 8.78 Å². The molecule has 1 atom stereocenters. The summed E-state index contributed by atoms with van der Waals surface area (Å²) in [5.41, 5.74) is 1.41. The number of nitrogens with zero attached hydrogens (tertiary/aromatic N) is 1. The van der Waals surface area contributed by atoms with Crippen LogP contribution in [-0.2, 0) is 21.2 Å². The number of alkyl halides is 2. The molecule has 8 nitrogen and oxygen atoms in total. The van der Waals surface area contributed by atoms with Crippen LogP contribution in [0.15, 0.2) is 23.2 Å². The van der Waals surface area contributed by atoms with E-state index in [1.165, 1.54) is 6.07 Å². The van der Waals surface area contributed by atoms with Crippen molar-refractivity contribution in [2.75, 3.05) is 24.6 Å². The predicted molar refractivity (Wildman–Crippen MR) is 126 cm³/mol. The van der Waals surface area contributed by atoms with Gasteiger partial charge in [0.25, 0.3) is 0 Å². The summed E-state index contributed by atoms with van der Waals surface area (Å²) in [7, 11) is -3.05. The molecule has 1 aliphatic heterocycles. The first-order valence-electron chi connectivity index (χ1n) is 9.75. The number of halogens is 3. The van der Waals surface area contributed by atoms with E-state index < -0.39 is 16.4 Å². The number of rotatable bonds is 9. The Morgan fingerprint density at radius 3 is 2.68 bits per heavy atom. The number of benzene rings is 1. The molecule has 12 heteroatoms. The molecule has 1 saturated heterocycles. The van der Waals surface area contributed by atoms with E-state index in [9.17, 15) is 22.0 Å². The smallest absolute Gasteiger partial charge is 0.387 e. The fourth-order valence-electron chi connectivity index (χ4n) is 3.05. The van der Waals surface area contributed by atoms with Crippen LogP contribution in [0, 0.1) is 6.92 Å². The van der Waals surface area contributed by atoms with Crippen LogP contribution in [-0.4, -0.2) is 57.5 Å². The van der Waals surface area contributed by atoms with Gasteiger partial charge in [0.2, 0.25) is 5.91 Å². The molecule has 0 aliphatic carbocycles. The van der Waals surface area contributed by atoms with Crippen LogP contribution < -0.4 is 20.7 Å². The molecule has 1 aliphatic rings. The lowest BCUT2D eigenvalue weighted by Gasteiger charge is -2.14. The minimum atomic E-state index is -3.05. The van der Waals surface area contributed by atoms with Gasteiger partial charge < -0.3 is 20.7 Å². The Hall–Kier alpha value is -1.70. The lowest BCUT2D eigenvalue weighted by molar-refractivity contribution is -0.121. The largest absolute Gasteiger partial charge is 0.434 e. The number of aliphatic imine (C=N–C) groups is 1. The zero-order valence-electron chi connectivity index (χ0n) is 17.5. The average molecular weight is 574 g/mol. The Morgan fingerprint density at radius 2 is 2.06 bits per heavy atom. The van der Waals surface area contributed by atoms with E-state index in [1.807, 2.05) is 13.8 Å². The maximum Gasteiger partial charge on any atom is 0.387 e. The maximum absolute atomic E-state index is 12.6. The van der Waals surface area contributed by atoms with Crippen LogP contribution in [0.25, 0.3) is 0 Å². The number of amides is 1. The Morgan fingerprint density at radius 1 is 1.32 bits per heavy atom. The van der Waals surface area contributed by atoms with Crippen molar-refractivity contribution in [3.63, 3.8) is 0 Å². The first-order valence-corrected chi connectivity index (χ1v) is 11.6. The number of ether oxygens (including phenoxy) is 1. The summed E-state index contributed by atoms with van der Waals surface area (Å²) in [5, 5.41) is 8.76. The molecule has 0 bridgehead atoms. The summed E-state index contributed by atoms with van der Waals surface area (Å²) in [6.07, 6.45) is 0.580. The first-order chi connectivity index (χ1) is 14.2. The predicted octanol–water partition coefficient (Wildman–Crippen LogP) is 1.96. The minimum absolute atomic E-state index is 0. The Balaban J connectivity index is 0.00000480. The highest BCUT2D eigenvalue weighted by Gasteiger charge is 2.28. The highest BCUT2D eigenvalue weighted by molar-refractivity contribution is 14.0. The number of hydrogen-bond acceptors (Lipinski definition) is 5. The van der Waals surface area contributed by atoms with Crippen LogP contribution >= 0.6 is 24.0 Å². The van der Waals surface area contributed by atoms with Gasteiger partial charge in [0.1, 0.15) is 5.75 Å². The third-order valence-corrected chi connectivity index (χ3v) is 6.19. The molecule has 1 unspecified atom stereocenters. The van der Waals surface area contributed by atoms with E-state index in [2.05, 4.69) is 25.7 Å². The summed E-state index contributed by atoms with van der Waals surface area (Å²) in [4.78, 5) is 16.4. The normalized spacial score (nSPS) is 17.7. The summed E-state index contributed by atoms with van der Waals surface area (Å²) < 4.78 is 52.6. The summed E-state index contributed by atoms with van der Waals surface area (Å²) in [6.45, 7) is 1.78. The fourth-order valence-corrected chi connectivity index (χ4v) is 4.73. The van der Waals surface area contributed by atoms with Crippen molar-refractivity contribution >= 4 is 45.7 Å². The van der Waals surface area contributed by atoms with Gasteiger partial charge in [-0.25, -0.2) is 13.4 Å². The van der Waals surface area contributed by atoms with E-state index in [0.29, 0.717) is 24.5 Å². The third-order valence-electron chi connectivity index (χ3n) is 4.43. The van der Waals surface area contributed by atoms with Gasteiger partial charge >= 0.3 is 6.61 Å². The number of hydrogen-bond donors (Lipinski definition) is 3. The second kappa shape index (κ2) is 13.0. The third kappa shape index (κ3) is 9.97. The quantitative estimate of drug-likeness (QED) is 0.237. The minimum Gasteiger partial charge on any atom is -0.434 e. The number of guanidine groups is 1. The summed E-state index contributed by atoms with van der Waals surface area (Å²) in [6, 6.07) is 4.57. The van der Waals surface area contributed by atoms with E-state index in [-0.39, 0.29) is 72.7 Å². The average Bonchev–Trinajstić information content (AvgIpc) is 2.99. The van der Waals surface area contributed by atoms with E-state index in [4.69, 9.17) is 0 Å². The molecular weight excluding hydrogens is 545 g/mol. The molecule has 0 spiro atoms. The lowest BCUT2D eigenvalue weighted by atomic mass is 10.1. The topological polar surface area (TPSA) is 109 Å². The molecule has 1 amide bonds. The van der Waals surface area contributed by atoms with Gasteiger partial charge in [0.15, 0.2) is 15.8 Å². The second-order valence-electron chi connectivity index (χ2n) is 7.03. The van der Waals surface area contributed by atoms with E-state index in [0.717, 1.165) is 5.56 Å². The fraction of sp³-hybridized carbons (Fsp3) is 0.579. The van der Waals surface area contributed by atoms with Gasteiger partial charge in [-0.1, -0.05) is 17.7 Å². The van der Waals surface area contributed by atoms with Gasteiger partial charge in [-0.15, -0.1) is 24.0 Å². The Labute approximate surface area is 198 Å². The van der Waals surface area contributed by atoms with Crippen molar-refractivity contribution in [1.82, 2.24) is 16.0 Å². The van der Waals surface area contributed by atoms with Crippen molar-refractivity contribution in [1.29, 1.82) is 0 Å². The van der Waals surface area contributed by atoms with Crippen LogP contribution in [0.2, 0.25) is 0 Å². The number of nitrogens with one attached hydrogen (secondary N) is 3. The standard InChI is InChI=1S/C19H28F2N4O4S.HI/c1-3-22-19(23-8-6-17(26)25-15-7-9-30(27,28)12-15)24-11-14-10-13(2)4-5-16(14)29-18(20)21;/h4-5,10,15,18H,3,6-9,11-12H2,1-2H3,(H,25,26)(H2,22,23,24);1H. The molecule has 0 radical (unpaired) electrons. The molecule has 176 valence electrons. The van der Waals surface area contributed by atoms with Crippen LogP contribution in [0.1, 0.15) is 30.9 Å². The van der Waals surface area contributed by atoms with Crippen LogP contribution in [0.3, 0.4) is 0 Å². The molecule has 2 rings (SSSR count). The second-order valence-corrected chi connectivity index (χ2v) is 9.26. The van der Waals surface area contributed by atoms with E-state index in [1.54, 1.807) is 12.1 Å². The van der Waals surface area contributed by atoms with Crippen molar-refractivity contribution in [3.8, 4) is 5.75 Å². The van der Waals surface area contributed by atoms with Gasteiger partial charge in [-0.2, -0.15) is 8.78 Å². The SMILES string of the molecule is CCNC(=NCc1cc(C)ccc1OC(F)F)NCCC(=O)NC1CCS(=O)(=O)C1.I. The number of carbonyl (C=O) groups excluding carboxylic acids is 1. The van der Waals surface area contributed by atoms with Crippen molar-refractivity contribution < 1.29 is 26.7 Å². The zero-order chi connectivity index (χ0) is 22.1. The van der Waals surface area contributed by atoms with Gasteiger partial charge in [-0.05, 0) is 26.3 Å². The molecule has 31 heavy (non-hydrogen) atoms. The van der Waals surface area contributed by atoms with Crippen molar-refractivity contribution in [2.45, 2.75) is 45.9 Å². The van der Waals surface area contributed by atoms with Crippen molar-refractivity contribution in [3.05, 3.63) is 29.3 Å². The highest BCUT2D eigenvalue weighted by Crippen LogP contribution is 2.22. The Bertz CT molecular complexity index is 868. The number of aryl methyl sites for hydroxylation is 1. The number of sulfone groups is 1. The van der Waals surface area contributed by atoms with Gasteiger partial charge in [0, 0.05) is 31.1 Å². The first kappa shape index (κ1) is 27.3. The molecule has 1 heterocycles. The molecule has 3 N–H and O–H groups in total. The lowest BCUT2D eigenvalue weighted by Crippen LogP contribution is -2.41. The summed E-state index contributed by atoms with van der Waals surface area (Å²) >= 11 is 0. The molecule has 1 fully saturated rings. The highest BCUT2D eigenvalue weighted by atomic mass is 127. The van der Waals surface area contributed by atoms with E-state index >= 15 is 0 Å². The van der Waals surface area contributed by atoms with Crippen molar-refractivity contribution in [2.24, 2.45) is 4.99 Å². The maximum atomic E-state index is 12.6. The molecule has 0 aromatic heterocycles. The zero-order valence-corrected chi connectivity index (χ0v) is 20.6. The van der Waals surface area contributed by atoms with Gasteiger partial charge in [-0.3, -0.25) is 4.79 Å². The number of carbonyl (C=O) groups is 1. The molecular formula is C19H29F2IN4O4S. The molecule has 1 aromatic rings. The monoisotopic (exact) mass is 574 g/mol. The van der Waals surface area contributed by atoms with Gasteiger partial charge in [0.05, 0.1) is 18.1 Å². The summed E-state index contributed by atoms with van der Waals surface area (Å²) in [5.74, 6) is 0.338.